The molecule has 0 aromatic heterocycles. The van der Waals surface area contributed by atoms with E-state index in [1.54, 1.807) is 0 Å². The summed E-state index contributed by atoms with van der Waals surface area (Å²) >= 11 is 5.26. The third-order valence-corrected chi connectivity index (χ3v) is 3.09. The van der Waals surface area contributed by atoms with Gasteiger partial charge in [0.05, 0.1) is 0 Å². The molecule has 0 N–H and O–H groups in total. The van der Waals surface area contributed by atoms with Gasteiger partial charge in [0.1, 0.15) is 5.75 Å². The van der Waals surface area contributed by atoms with Crippen molar-refractivity contribution in [2.24, 2.45) is 0 Å². The van der Waals surface area contributed by atoms with Crippen molar-refractivity contribution in [3.05, 3.63) is 65.7 Å². The zero-order valence-electron chi connectivity index (χ0n) is 10.6. The Morgan fingerprint density at radius 3 is 2.11 bits per heavy atom. The van der Waals surface area contributed by atoms with Crippen LogP contribution in [0.3, 0.4) is 0 Å². The lowest BCUT2D eigenvalue weighted by Gasteiger charge is -2.09. The summed E-state index contributed by atoms with van der Waals surface area (Å²) in [6.07, 6.45) is 0. The van der Waals surface area contributed by atoms with Gasteiger partial charge in [0.25, 0.3) is 0 Å². The molecule has 0 atom stereocenters. The highest BCUT2D eigenvalue weighted by Gasteiger charge is 2.04. The number of benzene rings is 2. The van der Waals surface area contributed by atoms with Crippen LogP contribution in [0.5, 0.6) is 5.75 Å². The second kappa shape index (κ2) is 5.78. The summed E-state index contributed by atoms with van der Waals surface area (Å²) in [6, 6.07) is 17.8. The van der Waals surface area contributed by atoms with Gasteiger partial charge in [-0.3, -0.25) is 0 Å². The summed E-state index contributed by atoms with van der Waals surface area (Å²) in [6.45, 7) is 4.34. The predicted octanol–water partition coefficient (Wildman–Crippen LogP) is 4.56. The molecule has 0 aliphatic heterocycles. The molecular weight excluding hydrogens is 240 g/mol. The Hall–Kier alpha value is -1.67. The molecule has 0 heterocycles. The molecule has 0 saturated heterocycles. The molecule has 0 aliphatic rings. The van der Waals surface area contributed by atoms with Crippen LogP contribution in [-0.2, 0) is 0 Å². The van der Waals surface area contributed by atoms with Crippen LogP contribution in [0.25, 0.3) is 0 Å². The molecule has 0 bridgehead atoms. The van der Waals surface area contributed by atoms with Crippen LogP contribution >= 0.6 is 12.2 Å². The van der Waals surface area contributed by atoms with Crippen molar-refractivity contribution >= 4 is 17.3 Å². The Bertz CT molecular complexity index is 515. The van der Waals surface area contributed by atoms with E-state index in [0.717, 1.165) is 11.3 Å². The average molecular weight is 256 g/mol. The molecule has 0 spiro atoms. The molecular formula is C16H16OS. The van der Waals surface area contributed by atoms with Crippen molar-refractivity contribution in [1.29, 1.82) is 0 Å². The van der Waals surface area contributed by atoms with Crippen LogP contribution < -0.4 is 4.74 Å². The number of ether oxygens (including phenoxy) is 1. The minimum atomic E-state index is 0.507. The SMILES string of the molecule is CC(C)c1ccc(OC(=S)c2ccccc2)cc1. The summed E-state index contributed by atoms with van der Waals surface area (Å²) in [5.41, 5.74) is 2.23. The van der Waals surface area contributed by atoms with Gasteiger partial charge >= 0.3 is 0 Å². The van der Waals surface area contributed by atoms with Crippen molar-refractivity contribution in [2.75, 3.05) is 0 Å². The van der Waals surface area contributed by atoms with Gasteiger partial charge in [0.15, 0.2) is 5.05 Å². The maximum absolute atomic E-state index is 5.67. The second-order valence-electron chi connectivity index (χ2n) is 4.48. The van der Waals surface area contributed by atoms with Gasteiger partial charge in [-0.25, -0.2) is 0 Å². The van der Waals surface area contributed by atoms with Crippen molar-refractivity contribution in [3.8, 4) is 5.75 Å². The van der Waals surface area contributed by atoms with E-state index < -0.39 is 0 Å². The number of rotatable bonds is 3. The quantitative estimate of drug-likeness (QED) is 0.744. The van der Waals surface area contributed by atoms with Gasteiger partial charge in [0, 0.05) is 5.56 Å². The smallest absolute Gasteiger partial charge is 0.198 e. The van der Waals surface area contributed by atoms with E-state index in [1.807, 2.05) is 42.5 Å². The van der Waals surface area contributed by atoms with Crippen LogP contribution in [0.1, 0.15) is 30.9 Å². The summed E-state index contributed by atoms with van der Waals surface area (Å²) in [4.78, 5) is 0. The van der Waals surface area contributed by atoms with E-state index in [4.69, 9.17) is 17.0 Å². The van der Waals surface area contributed by atoms with Crippen molar-refractivity contribution in [2.45, 2.75) is 19.8 Å². The van der Waals surface area contributed by atoms with E-state index in [-0.39, 0.29) is 0 Å². The van der Waals surface area contributed by atoms with Gasteiger partial charge < -0.3 is 4.74 Å². The van der Waals surface area contributed by atoms with Gasteiger partial charge in [0.2, 0.25) is 0 Å². The summed E-state index contributed by atoms with van der Waals surface area (Å²) < 4.78 is 5.67. The van der Waals surface area contributed by atoms with Crippen LogP contribution in [0.15, 0.2) is 54.6 Å². The fraction of sp³-hybridized carbons (Fsp3) is 0.188. The minimum absolute atomic E-state index is 0.507. The van der Waals surface area contributed by atoms with Crippen LogP contribution in [0.4, 0.5) is 0 Å². The lowest BCUT2D eigenvalue weighted by Crippen LogP contribution is -2.06. The number of hydrogen-bond donors (Lipinski definition) is 0. The van der Waals surface area contributed by atoms with Gasteiger partial charge in [-0.2, -0.15) is 0 Å². The molecule has 0 aliphatic carbocycles. The van der Waals surface area contributed by atoms with Crippen molar-refractivity contribution in [3.63, 3.8) is 0 Å². The monoisotopic (exact) mass is 256 g/mol. The maximum atomic E-state index is 5.67. The lowest BCUT2D eigenvalue weighted by atomic mass is 10.0. The number of hydrogen-bond acceptors (Lipinski definition) is 2. The lowest BCUT2D eigenvalue weighted by molar-refractivity contribution is 0.566. The first kappa shape index (κ1) is 12.8. The van der Waals surface area contributed by atoms with Crippen molar-refractivity contribution < 1.29 is 4.74 Å². The van der Waals surface area contributed by atoms with E-state index in [1.165, 1.54) is 5.56 Å². The fourth-order valence-electron chi connectivity index (χ4n) is 1.66. The highest BCUT2D eigenvalue weighted by Crippen LogP contribution is 2.19. The Balaban J connectivity index is 2.08. The summed E-state index contributed by atoms with van der Waals surface area (Å²) in [5, 5.41) is 0.507. The second-order valence-corrected chi connectivity index (χ2v) is 4.85. The Labute approximate surface area is 113 Å². The topological polar surface area (TPSA) is 9.23 Å². The van der Waals surface area contributed by atoms with E-state index in [0.29, 0.717) is 11.0 Å². The molecule has 0 fully saturated rings. The standard InChI is InChI=1S/C16H16OS/c1-12(2)13-8-10-15(11-9-13)17-16(18)14-6-4-3-5-7-14/h3-12H,1-2H3. The first-order chi connectivity index (χ1) is 8.66. The zero-order chi connectivity index (χ0) is 13.0. The Morgan fingerprint density at radius 1 is 0.944 bits per heavy atom. The molecule has 18 heavy (non-hydrogen) atoms. The average Bonchev–Trinajstić information content (AvgIpc) is 2.40. The predicted molar refractivity (Wildman–Crippen MR) is 79.3 cm³/mol. The fourth-order valence-corrected chi connectivity index (χ4v) is 1.89. The zero-order valence-corrected chi connectivity index (χ0v) is 11.4. The highest BCUT2D eigenvalue weighted by molar-refractivity contribution is 7.80. The molecule has 0 amide bonds. The summed E-state index contributed by atoms with van der Waals surface area (Å²) in [7, 11) is 0. The molecule has 1 nitrogen and oxygen atoms in total. The van der Waals surface area contributed by atoms with Crippen molar-refractivity contribution in [1.82, 2.24) is 0 Å². The van der Waals surface area contributed by atoms with E-state index in [9.17, 15) is 0 Å². The van der Waals surface area contributed by atoms with E-state index in [2.05, 4.69) is 26.0 Å². The largest absolute Gasteiger partial charge is 0.445 e. The van der Waals surface area contributed by atoms with Gasteiger partial charge in [-0.15, -0.1) is 0 Å². The third-order valence-electron chi connectivity index (χ3n) is 2.77. The first-order valence-corrected chi connectivity index (χ1v) is 6.45. The first-order valence-electron chi connectivity index (χ1n) is 6.04. The molecule has 2 aromatic carbocycles. The molecule has 0 saturated carbocycles. The summed E-state index contributed by atoms with van der Waals surface area (Å²) in [5.74, 6) is 1.31. The van der Waals surface area contributed by atoms with Gasteiger partial charge in [-0.05, 0) is 35.8 Å². The molecule has 0 unspecified atom stereocenters. The third kappa shape index (κ3) is 3.17. The van der Waals surface area contributed by atoms with E-state index >= 15 is 0 Å². The molecule has 0 radical (unpaired) electrons. The highest BCUT2D eigenvalue weighted by atomic mass is 32.1. The number of thiocarbonyl (C=S) groups is 1. The van der Waals surface area contributed by atoms with Crippen LogP contribution in [-0.4, -0.2) is 5.05 Å². The molecule has 2 heteroatoms. The van der Waals surface area contributed by atoms with Crippen LogP contribution in [0, 0.1) is 0 Å². The minimum Gasteiger partial charge on any atom is -0.445 e. The van der Waals surface area contributed by atoms with Gasteiger partial charge in [-0.1, -0.05) is 56.3 Å². The normalized spacial score (nSPS) is 10.4. The van der Waals surface area contributed by atoms with Crippen LogP contribution in [0.2, 0.25) is 0 Å². The molecule has 92 valence electrons. The Kier molecular flexibility index (Phi) is 4.11. The molecule has 2 rings (SSSR count). The Morgan fingerprint density at radius 2 is 1.56 bits per heavy atom. The maximum Gasteiger partial charge on any atom is 0.198 e. The molecule has 2 aromatic rings.